The Morgan fingerprint density at radius 3 is 1.82 bits per heavy atom. The molecule has 0 aromatic heterocycles. The topological polar surface area (TPSA) is 35.4 Å². The van der Waals surface area contributed by atoms with Crippen molar-refractivity contribution in [2.45, 2.75) is 46.3 Å². The Hall–Kier alpha value is 1.27. The molecule has 11 heavy (non-hydrogen) atoms. The molecule has 0 aromatic rings. The second kappa shape index (κ2) is 5.83. The van der Waals surface area contributed by atoms with Crippen molar-refractivity contribution < 1.29 is 56.5 Å². The van der Waals surface area contributed by atoms with Crippen LogP contribution in [0.15, 0.2) is 4.99 Å². The van der Waals surface area contributed by atoms with Crippen molar-refractivity contribution in [3.05, 3.63) is 0 Å². The van der Waals surface area contributed by atoms with Gasteiger partial charge in [-0.25, -0.2) is 0 Å². The fraction of sp³-hybridized carbons (Fsp3) is 0.875. The summed E-state index contributed by atoms with van der Waals surface area (Å²) < 4.78 is 0. The van der Waals surface area contributed by atoms with Crippen LogP contribution in [0, 0.1) is 0 Å². The molecule has 0 aliphatic carbocycles. The van der Waals surface area contributed by atoms with Crippen LogP contribution in [0.1, 0.15) is 34.6 Å². The van der Waals surface area contributed by atoms with Crippen molar-refractivity contribution in [1.82, 2.24) is 0 Å². The van der Waals surface area contributed by atoms with Gasteiger partial charge in [0.15, 0.2) is 0 Å². The van der Waals surface area contributed by atoms with Gasteiger partial charge in [0.2, 0.25) is 0 Å². The van der Waals surface area contributed by atoms with Gasteiger partial charge in [-0.15, -0.1) is 0 Å². The molecule has 0 aliphatic heterocycles. The quantitative estimate of drug-likeness (QED) is 0.358. The summed E-state index contributed by atoms with van der Waals surface area (Å²) in [6, 6.07) is 0.230. The molecule has 0 rings (SSSR count). The minimum atomic E-state index is -1.01. The standard InChI is InChI=1S/C8H16NO.K/c1-6(2)9-7(3)8(4,5)10;/h6H,1-5H3;/q-1;+1/b9-7-;. The van der Waals surface area contributed by atoms with Crippen LogP contribution in [-0.2, 0) is 0 Å². The number of aliphatic imine (C=N–C) groups is 1. The molecule has 0 saturated heterocycles. The van der Waals surface area contributed by atoms with E-state index in [0.717, 1.165) is 0 Å². The SMILES string of the molecule is C/C(=N/C(C)C)C(C)(C)[O-].[K+]. The molecule has 0 unspecified atom stereocenters. The van der Waals surface area contributed by atoms with E-state index >= 15 is 0 Å². The molecule has 0 radical (unpaired) electrons. The normalized spacial score (nSPS) is 13.2. The maximum atomic E-state index is 11.2. The summed E-state index contributed by atoms with van der Waals surface area (Å²) in [6.45, 7) is 8.99. The van der Waals surface area contributed by atoms with Crippen molar-refractivity contribution in [2.75, 3.05) is 0 Å². The molecule has 60 valence electrons. The van der Waals surface area contributed by atoms with Crippen LogP contribution in [0.5, 0.6) is 0 Å². The molecule has 0 aromatic carbocycles. The van der Waals surface area contributed by atoms with Crippen LogP contribution >= 0.6 is 0 Å². The van der Waals surface area contributed by atoms with Crippen molar-refractivity contribution in [3.63, 3.8) is 0 Å². The fourth-order valence-corrected chi connectivity index (χ4v) is 0.543. The molecule has 0 N–H and O–H groups in total. The van der Waals surface area contributed by atoms with Crippen LogP contribution in [0.4, 0.5) is 0 Å². The molecule has 0 bridgehead atoms. The zero-order valence-electron chi connectivity index (χ0n) is 8.43. The number of hydrogen-bond donors (Lipinski definition) is 0. The first-order chi connectivity index (χ1) is 4.34. The second-order valence-electron chi connectivity index (χ2n) is 3.32. The van der Waals surface area contributed by atoms with Crippen molar-refractivity contribution in [1.29, 1.82) is 0 Å². The van der Waals surface area contributed by atoms with Crippen LogP contribution in [0.2, 0.25) is 0 Å². The van der Waals surface area contributed by atoms with Crippen LogP contribution in [-0.4, -0.2) is 17.4 Å². The van der Waals surface area contributed by atoms with Crippen molar-refractivity contribution >= 4 is 5.71 Å². The van der Waals surface area contributed by atoms with E-state index in [2.05, 4.69) is 4.99 Å². The zero-order chi connectivity index (χ0) is 8.36. The number of rotatable bonds is 2. The molecular formula is C8H16KNO. The molecule has 0 spiro atoms. The third kappa shape index (κ3) is 7.62. The predicted octanol–water partition coefficient (Wildman–Crippen LogP) is -2.00. The summed E-state index contributed by atoms with van der Waals surface area (Å²) in [4.78, 5) is 4.15. The maximum Gasteiger partial charge on any atom is 1.00 e. The van der Waals surface area contributed by atoms with Gasteiger partial charge in [-0.2, -0.15) is 0 Å². The Labute approximate surface area is 112 Å². The molecule has 0 aliphatic rings. The van der Waals surface area contributed by atoms with Gasteiger partial charge in [0.1, 0.15) is 0 Å². The third-order valence-electron chi connectivity index (χ3n) is 1.32. The van der Waals surface area contributed by atoms with Gasteiger partial charge < -0.3 is 5.11 Å². The first kappa shape index (κ1) is 14.8. The first-order valence-electron chi connectivity index (χ1n) is 3.59. The minimum Gasteiger partial charge on any atom is -0.846 e. The van der Waals surface area contributed by atoms with Crippen LogP contribution in [0.25, 0.3) is 0 Å². The summed E-state index contributed by atoms with van der Waals surface area (Å²) in [7, 11) is 0. The molecule has 2 nitrogen and oxygen atoms in total. The van der Waals surface area contributed by atoms with E-state index in [1.54, 1.807) is 20.8 Å². The van der Waals surface area contributed by atoms with Gasteiger partial charge in [0, 0.05) is 6.04 Å². The third-order valence-corrected chi connectivity index (χ3v) is 1.32. The summed E-state index contributed by atoms with van der Waals surface area (Å²) in [6.07, 6.45) is 0. The summed E-state index contributed by atoms with van der Waals surface area (Å²) in [5, 5.41) is 11.2. The van der Waals surface area contributed by atoms with E-state index in [9.17, 15) is 5.11 Å². The summed E-state index contributed by atoms with van der Waals surface area (Å²) in [5.74, 6) is 0. The Kier molecular flexibility index (Phi) is 7.84. The largest absolute Gasteiger partial charge is 1.00 e. The van der Waals surface area contributed by atoms with E-state index in [0.29, 0.717) is 5.71 Å². The van der Waals surface area contributed by atoms with Crippen molar-refractivity contribution in [2.24, 2.45) is 4.99 Å². The van der Waals surface area contributed by atoms with Gasteiger partial charge in [-0.05, 0) is 26.5 Å². The average Bonchev–Trinajstić information content (AvgIpc) is 1.60. The van der Waals surface area contributed by atoms with E-state index in [1.807, 2.05) is 13.8 Å². The Bertz CT molecular complexity index is 136. The zero-order valence-corrected chi connectivity index (χ0v) is 11.6. The van der Waals surface area contributed by atoms with Gasteiger partial charge >= 0.3 is 51.4 Å². The van der Waals surface area contributed by atoms with E-state index in [-0.39, 0.29) is 57.4 Å². The molecule has 0 heterocycles. The maximum absolute atomic E-state index is 11.2. The van der Waals surface area contributed by atoms with E-state index in [1.165, 1.54) is 0 Å². The predicted molar refractivity (Wildman–Crippen MR) is 42.3 cm³/mol. The molecule has 3 heteroatoms. The van der Waals surface area contributed by atoms with Crippen LogP contribution < -0.4 is 56.5 Å². The van der Waals surface area contributed by atoms with Gasteiger partial charge in [0.25, 0.3) is 0 Å². The van der Waals surface area contributed by atoms with Gasteiger partial charge in [0.05, 0.1) is 0 Å². The monoisotopic (exact) mass is 181 g/mol. The van der Waals surface area contributed by atoms with Gasteiger partial charge in [-0.1, -0.05) is 19.4 Å². The molecule has 0 fully saturated rings. The van der Waals surface area contributed by atoms with E-state index < -0.39 is 5.60 Å². The molecule has 0 atom stereocenters. The minimum absolute atomic E-state index is 0. The second-order valence-corrected chi connectivity index (χ2v) is 3.32. The first-order valence-corrected chi connectivity index (χ1v) is 3.59. The molecule has 0 saturated carbocycles. The smallest absolute Gasteiger partial charge is 0.846 e. The molecular weight excluding hydrogens is 165 g/mol. The van der Waals surface area contributed by atoms with Gasteiger partial charge in [-0.3, -0.25) is 4.99 Å². The van der Waals surface area contributed by atoms with Crippen molar-refractivity contribution in [3.8, 4) is 0 Å². The average molecular weight is 181 g/mol. The van der Waals surface area contributed by atoms with Crippen LogP contribution in [0.3, 0.4) is 0 Å². The Morgan fingerprint density at radius 2 is 1.73 bits per heavy atom. The number of hydrogen-bond acceptors (Lipinski definition) is 2. The Morgan fingerprint density at radius 1 is 1.36 bits per heavy atom. The Balaban J connectivity index is 0. The number of nitrogens with zero attached hydrogens (tertiary/aromatic N) is 1. The molecule has 0 amide bonds. The summed E-state index contributed by atoms with van der Waals surface area (Å²) >= 11 is 0. The fourth-order valence-electron chi connectivity index (χ4n) is 0.543. The van der Waals surface area contributed by atoms with E-state index in [4.69, 9.17) is 0 Å². The summed E-state index contributed by atoms with van der Waals surface area (Å²) in [5.41, 5.74) is -0.327.